The Hall–Kier alpha value is -2.36. The van der Waals surface area contributed by atoms with Crippen LogP contribution in [0.25, 0.3) is 0 Å². The fourth-order valence-corrected chi connectivity index (χ4v) is 5.08. The molecule has 0 bridgehead atoms. The van der Waals surface area contributed by atoms with Crippen LogP contribution < -0.4 is 15.4 Å². The van der Waals surface area contributed by atoms with Gasteiger partial charge >= 0.3 is 12.5 Å². The lowest BCUT2D eigenvalue weighted by Gasteiger charge is -2.29. The number of benzene rings is 1. The molecule has 10 heteroatoms. The zero-order chi connectivity index (χ0) is 26.7. The first-order valence-corrected chi connectivity index (χ1v) is 13.7. The summed E-state index contributed by atoms with van der Waals surface area (Å²) in [6.07, 6.45) is 7.72. The van der Waals surface area contributed by atoms with E-state index >= 15 is 0 Å². The van der Waals surface area contributed by atoms with Crippen molar-refractivity contribution >= 4 is 29.0 Å². The molecule has 0 fully saturated rings. The molecule has 2 aliphatic rings. The Balaban J connectivity index is 1.64. The number of guanidine groups is 1. The average Bonchev–Trinajstić information content (AvgIpc) is 3.30. The van der Waals surface area contributed by atoms with E-state index in [1.807, 2.05) is 4.90 Å². The Morgan fingerprint density at radius 1 is 1.22 bits per heavy atom. The number of ether oxygens (including phenoxy) is 1. The number of nitrogens with one attached hydrogen (secondary N) is 2. The number of thiocarbonyl (C=S) groups is 1. The quantitative estimate of drug-likeness (QED) is 0.214. The van der Waals surface area contributed by atoms with Gasteiger partial charge in [-0.2, -0.15) is 17.6 Å². The van der Waals surface area contributed by atoms with Crippen molar-refractivity contribution in [1.29, 1.82) is 0 Å². The van der Waals surface area contributed by atoms with Crippen LogP contribution in [0.1, 0.15) is 71.1 Å². The molecule has 2 unspecified atom stereocenters. The smallest absolute Gasteiger partial charge is 0.428 e. The predicted molar refractivity (Wildman–Crippen MR) is 145 cm³/mol. The lowest BCUT2D eigenvalue weighted by Crippen LogP contribution is -2.48. The molecule has 0 radical (unpaired) electrons. The summed E-state index contributed by atoms with van der Waals surface area (Å²) in [6.45, 7) is 3.40. The molecule has 0 saturated heterocycles. The monoisotopic (exact) mass is 542 g/mol. The van der Waals surface area contributed by atoms with Gasteiger partial charge in [-0.25, -0.2) is 0 Å². The summed E-state index contributed by atoms with van der Waals surface area (Å²) < 4.78 is 55.8. The van der Waals surface area contributed by atoms with E-state index in [0.29, 0.717) is 35.8 Å². The Labute approximate surface area is 222 Å². The highest BCUT2D eigenvalue weighted by Gasteiger charge is 2.44. The minimum Gasteiger partial charge on any atom is -0.428 e. The van der Waals surface area contributed by atoms with Crippen molar-refractivity contribution in [3.05, 3.63) is 36.4 Å². The highest BCUT2D eigenvalue weighted by Crippen LogP contribution is 2.29. The molecule has 0 spiro atoms. The SMILES string of the molecule is CCCC1CC=CCCCCCCC(NC2=NCCN2C(=S)Nc2cccc(OC(F)(F)C(F)F)c2)C1. The van der Waals surface area contributed by atoms with E-state index < -0.39 is 12.5 Å². The third-order valence-corrected chi connectivity index (χ3v) is 6.96. The lowest BCUT2D eigenvalue weighted by molar-refractivity contribution is -0.253. The summed E-state index contributed by atoms with van der Waals surface area (Å²) in [6, 6.07) is 5.74. The summed E-state index contributed by atoms with van der Waals surface area (Å²) in [7, 11) is 0. The second-order valence-corrected chi connectivity index (χ2v) is 10.1. The molecule has 0 aromatic heterocycles. The summed E-state index contributed by atoms with van der Waals surface area (Å²) in [5, 5.41) is 7.00. The molecule has 1 aliphatic carbocycles. The summed E-state index contributed by atoms with van der Waals surface area (Å²) >= 11 is 5.60. The van der Waals surface area contributed by atoms with Crippen LogP contribution in [0, 0.1) is 5.92 Å². The van der Waals surface area contributed by atoms with Crippen molar-refractivity contribution in [1.82, 2.24) is 10.2 Å². The van der Waals surface area contributed by atoms with E-state index in [1.165, 1.54) is 50.3 Å². The van der Waals surface area contributed by atoms with Gasteiger partial charge in [0.25, 0.3) is 0 Å². The van der Waals surface area contributed by atoms with Crippen LogP contribution in [0.2, 0.25) is 0 Å². The van der Waals surface area contributed by atoms with Crippen LogP contribution in [-0.2, 0) is 0 Å². The highest BCUT2D eigenvalue weighted by molar-refractivity contribution is 7.80. The van der Waals surface area contributed by atoms with E-state index in [2.05, 4.69) is 39.4 Å². The number of alkyl halides is 4. The number of rotatable bonds is 7. The van der Waals surface area contributed by atoms with Gasteiger partial charge < -0.3 is 15.4 Å². The standard InChI is InChI=1S/C27H38F4N4OS/c1-2-11-20-12-8-6-4-3-5-7-9-13-21(18-20)33-25-32-16-17-35(25)26(37)34-22-14-10-15-23(19-22)36-27(30,31)24(28)29/h6,8,10,14-15,19-21,24H,2-5,7,9,11-13,16-18H2,1H3,(H,32,33)(H,34,37). The Morgan fingerprint density at radius 2 is 2.03 bits per heavy atom. The maximum atomic E-state index is 13.3. The number of anilines is 1. The van der Waals surface area contributed by atoms with Crippen molar-refractivity contribution in [3.8, 4) is 5.75 Å². The van der Waals surface area contributed by atoms with Crippen molar-refractivity contribution in [2.45, 2.75) is 89.7 Å². The number of hydrogen-bond acceptors (Lipinski definition) is 4. The van der Waals surface area contributed by atoms with E-state index in [9.17, 15) is 17.6 Å². The van der Waals surface area contributed by atoms with Crippen LogP contribution in [-0.4, -0.2) is 47.6 Å². The summed E-state index contributed by atoms with van der Waals surface area (Å²) in [5.41, 5.74) is 0.361. The van der Waals surface area contributed by atoms with E-state index in [4.69, 9.17) is 12.2 Å². The largest absolute Gasteiger partial charge is 0.461 e. The van der Waals surface area contributed by atoms with Gasteiger partial charge in [-0.15, -0.1) is 0 Å². The van der Waals surface area contributed by atoms with Gasteiger partial charge in [0, 0.05) is 24.3 Å². The van der Waals surface area contributed by atoms with E-state index in [0.717, 1.165) is 32.1 Å². The van der Waals surface area contributed by atoms with Gasteiger partial charge in [0.1, 0.15) is 5.75 Å². The van der Waals surface area contributed by atoms with E-state index in [1.54, 1.807) is 6.07 Å². The van der Waals surface area contributed by atoms with Gasteiger partial charge in [-0.05, 0) is 62.4 Å². The zero-order valence-electron chi connectivity index (χ0n) is 21.4. The molecule has 0 saturated carbocycles. The number of allylic oxidation sites excluding steroid dienone is 2. The minimum atomic E-state index is -4.57. The average molecular weight is 543 g/mol. The topological polar surface area (TPSA) is 48.9 Å². The molecule has 2 N–H and O–H groups in total. The van der Waals surface area contributed by atoms with Gasteiger partial charge in [-0.1, -0.05) is 57.2 Å². The van der Waals surface area contributed by atoms with Crippen molar-refractivity contribution in [2.24, 2.45) is 10.9 Å². The molecule has 3 rings (SSSR count). The number of aliphatic imine (C=N–C) groups is 1. The Kier molecular flexibility index (Phi) is 11.5. The second-order valence-electron chi connectivity index (χ2n) is 9.71. The van der Waals surface area contributed by atoms with Gasteiger partial charge in [0.05, 0.1) is 6.54 Å². The molecule has 37 heavy (non-hydrogen) atoms. The van der Waals surface area contributed by atoms with Crippen LogP contribution in [0.5, 0.6) is 5.75 Å². The van der Waals surface area contributed by atoms with Gasteiger partial charge in [0.2, 0.25) is 5.96 Å². The lowest BCUT2D eigenvalue weighted by atomic mass is 9.89. The van der Waals surface area contributed by atoms with Crippen LogP contribution >= 0.6 is 12.2 Å². The van der Waals surface area contributed by atoms with Crippen LogP contribution in [0.15, 0.2) is 41.4 Å². The maximum Gasteiger partial charge on any atom is 0.461 e. The maximum absolute atomic E-state index is 13.3. The molecule has 5 nitrogen and oxygen atoms in total. The third-order valence-electron chi connectivity index (χ3n) is 6.64. The zero-order valence-corrected chi connectivity index (χ0v) is 22.2. The molecule has 1 aliphatic heterocycles. The van der Waals surface area contributed by atoms with Crippen molar-refractivity contribution in [3.63, 3.8) is 0 Å². The fourth-order valence-electron chi connectivity index (χ4n) is 4.79. The van der Waals surface area contributed by atoms with Crippen molar-refractivity contribution in [2.75, 3.05) is 18.4 Å². The number of hydrogen-bond donors (Lipinski definition) is 2. The fraction of sp³-hybridized carbons (Fsp3) is 0.630. The number of nitrogens with zero attached hydrogens (tertiary/aromatic N) is 2. The van der Waals surface area contributed by atoms with Gasteiger partial charge in [0.15, 0.2) is 5.11 Å². The van der Waals surface area contributed by atoms with E-state index in [-0.39, 0.29) is 11.8 Å². The molecular formula is C27H38F4N4OS. The molecule has 2 atom stereocenters. The first kappa shape index (κ1) is 29.2. The summed E-state index contributed by atoms with van der Waals surface area (Å²) in [5.74, 6) is 0.931. The predicted octanol–water partition coefficient (Wildman–Crippen LogP) is 7.36. The Bertz CT molecular complexity index is 927. The molecule has 1 heterocycles. The number of halogens is 4. The molecule has 1 aromatic rings. The van der Waals surface area contributed by atoms with Crippen LogP contribution in [0.4, 0.5) is 23.2 Å². The molecule has 206 valence electrons. The summed E-state index contributed by atoms with van der Waals surface area (Å²) in [4.78, 5) is 6.51. The van der Waals surface area contributed by atoms with Crippen LogP contribution in [0.3, 0.4) is 0 Å². The van der Waals surface area contributed by atoms with Crippen molar-refractivity contribution < 1.29 is 22.3 Å². The third kappa shape index (κ3) is 9.47. The first-order chi connectivity index (χ1) is 17.8. The Morgan fingerprint density at radius 3 is 2.81 bits per heavy atom. The highest BCUT2D eigenvalue weighted by atomic mass is 32.1. The first-order valence-electron chi connectivity index (χ1n) is 13.3. The van der Waals surface area contributed by atoms with Gasteiger partial charge in [-0.3, -0.25) is 9.89 Å². The molecular weight excluding hydrogens is 504 g/mol. The molecule has 0 amide bonds. The molecule has 1 aromatic carbocycles. The minimum absolute atomic E-state index is 0.278. The normalized spacial score (nSPS) is 21.7. The second kappa shape index (κ2) is 14.5.